The van der Waals surface area contributed by atoms with Crippen LogP contribution in [0.3, 0.4) is 0 Å². The number of aromatic nitrogens is 3. The Kier molecular flexibility index (Phi) is 6.86. The van der Waals surface area contributed by atoms with Gasteiger partial charge in [-0.3, -0.25) is 9.89 Å². The molecule has 1 amide bonds. The third kappa shape index (κ3) is 5.44. The number of H-pyrrole nitrogens is 1. The molecule has 0 bridgehead atoms. The molecule has 1 fully saturated rings. The maximum atomic E-state index is 12.5. The Bertz CT molecular complexity index is 1020. The maximum absolute atomic E-state index is 12.5. The van der Waals surface area contributed by atoms with Gasteiger partial charge in [0, 0.05) is 22.7 Å². The van der Waals surface area contributed by atoms with Gasteiger partial charge in [-0.2, -0.15) is 5.10 Å². The number of nitrogens with zero attached hydrogens (tertiary/aromatic N) is 2. The number of thiazole rings is 1. The van der Waals surface area contributed by atoms with Crippen LogP contribution in [-0.4, -0.2) is 35.3 Å². The number of hydrogen-bond acceptors (Lipinski definition) is 6. The zero-order chi connectivity index (χ0) is 21.6. The average Bonchev–Trinajstić information content (AvgIpc) is 3.43. The molecule has 164 valence electrons. The summed E-state index contributed by atoms with van der Waals surface area (Å²) in [5.41, 5.74) is 2.74. The van der Waals surface area contributed by atoms with E-state index in [-0.39, 0.29) is 12.3 Å². The van der Waals surface area contributed by atoms with Gasteiger partial charge in [-0.15, -0.1) is 11.3 Å². The van der Waals surface area contributed by atoms with Gasteiger partial charge in [-0.05, 0) is 30.5 Å². The van der Waals surface area contributed by atoms with Crippen molar-refractivity contribution < 1.29 is 14.3 Å². The molecule has 2 heterocycles. The number of amides is 1. The lowest BCUT2D eigenvalue weighted by Crippen LogP contribution is -2.14. The third-order valence-corrected chi connectivity index (χ3v) is 6.60. The number of carbonyl (C=O) groups is 1. The number of aromatic amines is 1. The van der Waals surface area contributed by atoms with E-state index in [4.69, 9.17) is 9.47 Å². The molecule has 0 saturated heterocycles. The van der Waals surface area contributed by atoms with Gasteiger partial charge in [0.1, 0.15) is 5.01 Å². The van der Waals surface area contributed by atoms with Crippen LogP contribution in [-0.2, 0) is 17.6 Å². The number of nitrogens with one attached hydrogen (secondary N) is 2. The first-order valence-electron chi connectivity index (χ1n) is 10.7. The van der Waals surface area contributed by atoms with Gasteiger partial charge >= 0.3 is 0 Å². The van der Waals surface area contributed by atoms with Gasteiger partial charge < -0.3 is 14.8 Å². The minimum absolute atomic E-state index is 0.125. The molecule has 3 aromatic rings. The first-order valence-corrected chi connectivity index (χ1v) is 11.5. The predicted molar refractivity (Wildman–Crippen MR) is 122 cm³/mol. The largest absolute Gasteiger partial charge is 0.493 e. The second-order valence-corrected chi connectivity index (χ2v) is 8.78. The van der Waals surface area contributed by atoms with E-state index in [1.54, 1.807) is 14.2 Å². The molecule has 1 aromatic carbocycles. The van der Waals surface area contributed by atoms with Gasteiger partial charge in [-0.25, -0.2) is 4.98 Å². The molecule has 2 aromatic heterocycles. The molecule has 1 saturated carbocycles. The Labute approximate surface area is 186 Å². The van der Waals surface area contributed by atoms with Crippen molar-refractivity contribution in [2.45, 2.75) is 44.9 Å². The van der Waals surface area contributed by atoms with Crippen LogP contribution in [0.1, 0.15) is 43.5 Å². The fraction of sp³-hybridized carbons (Fsp3) is 0.435. The summed E-state index contributed by atoms with van der Waals surface area (Å²) >= 11 is 1.50. The fourth-order valence-corrected chi connectivity index (χ4v) is 4.89. The topological polar surface area (TPSA) is 89.1 Å². The summed E-state index contributed by atoms with van der Waals surface area (Å²) in [4.78, 5) is 17.1. The SMILES string of the molecule is COc1ccc(-c2nc(CC(=O)Nc3cc(CC4CCCCC4)[nH]n3)cs2)cc1OC. The van der Waals surface area contributed by atoms with Crippen LogP contribution in [0.5, 0.6) is 11.5 Å². The molecule has 0 spiro atoms. The molecule has 0 atom stereocenters. The van der Waals surface area contributed by atoms with Crippen molar-refractivity contribution in [1.29, 1.82) is 0 Å². The molecule has 0 unspecified atom stereocenters. The number of hydrogen-bond donors (Lipinski definition) is 2. The highest BCUT2D eigenvalue weighted by Gasteiger charge is 2.16. The van der Waals surface area contributed by atoms with Gasteiger partial charge in [0.25, 0.3) is 0 Å². The quantitative estimate of drug-likeness (QED) is 0.522. The molecular formula is C23H28N4O3S. The lowest BCUT2D eigenvalue weighted by molar-refractivity contribution is -0.115. The van der Waals surface area contributed by atoms with Crippen molar-refractivity contribution in [3.63, 3.8) is 0 Å². The Morgan fingerprint density at radius 3 is 2.74 bits per heavy atom. The first-order chi connectivity index (χ1) is 15.1. The number of anilines is 1. The summed E-state index contributed by atoms with van der Waals surface area (Å²) in [7, 11) is 3.21. The van der Waals surface area contributed by atoms with E-state index in [2.05, 4.69) is 20.5 Å². The van der Waals surface area contributed by atoms with E-state index < -0.39 is 0 Å². The van der Waals surface area contributed by atoms with Crippen molar-refractivity contribution >= 4 is 23.1 Å². The zero-order valence-electron chi connectivity index (χ0n) is 17.9. The van der Waals surface area contributed by atoms with Gasteiger partial charge in [-0.1, -0.05) is 32.1 Å². The molecule has 7 nitrogen and oxygen atoms in total. The summed E-state index contributed by atoms with van der Waals surface area (Å²) < 4.78 is 10.6. The Hall–Kier alpha value is -2.87. The highest BCUT2D eigenvalue weighted by atomic mass is 32.1. The van der Waals surface area contributed by atoms with Crippen molar-refractivity contribution in [2.75, 3.05) is 19.5 Å². The molecule has 0 aliphatic heterocycles. The van der Waals surface area contributed by atoms with Crippen LogP contribution < -0.4 is 14.8 Å². The minimum Gasteiger partial charge on any atom is -0.493 e. The van der Waals surface area contributed by atoms with E-state index >= 15 is 0 Å². The van der Waals surface area contributed by atoms with Crippen molar-refractivity contribution in [3.05, 3.63) is 41.0 Å². The van der Waals surface area contributed by atoms with Crippen molar-refractivity contribution in [2.24, 2.45) is 5.92 Å². The number of ether oxygens (including phenoxy) is 2. The van der Waals surface area contributed by atoms with Crippen LogP contribution in [0, 0.1) is 5.92 Å². The van der Waals surface area contributed by atoms with Crippen molar-refractivity contribution in [3.8, 4) is 22.1 Å². The first kappa shape index (κ1) is 21.4. The lowest BCUT2D eigenvalue weighted by atomic mass is 9.86. The number of benzene rings is 1. The number of methoxy groups -OCH3 is 2. The highest BCUT2D eigenvalue weighted by Crippen LogP contribution is 2.33. The molecular weight excluding hydrogens is 412 g/mol. The second kappa shape index (κ2) is 9.96. The minimum atomic E-state index is -0.125. The van der Waals surface area contributed by atoms with E-state index in [1.165, 1.54) is 43.4 Å². The summed E-state index contributed by atoms with van der Waals surface area (Å²) in [6, 6.07) is 7.62. The summed E-state index contributed by atoms with van der Waals surface area (Å²) in [6.07, 6.45) is 7.77. The zero-order valence-corrected chi connectivity index (χ0v) is 18.8. The van der Waals surface area contributed by atoms with E-state index in [0.29, 0.717) is 17.3 Å². The molecule has 8 heteroatoms. The normalized spacial score (nSPS) is 14.4. The summed E-state index contributed by atoms with van der Waals surface area (Å²) in [5, 5.41) is 12.9. The van der Waals surface area contributed by atoms with E-state index in [0.717, 1.165) is 34.3 Å². The van der Waals surface area contributed by atoms with Crippen LogP contribution in [0.25, 0.3) is 10.6 Å². The predicted octanol–water partition coefficient (Wildman–Crippen LogP) is 4.85. The fourth-order valence-electron chi connectivity index (χ4n) is 4.07. The maximum Gasteiger partial charge on any atom is 0.231 e. The van der Waals surface area contributed by atoms with Gasteiger partial charge in [0.05, 0.1) is 26.3 Å². The molecule has 0 radical (unpaired) electrons. The van der Waals surface area contributed by atoms with Crippen LogP contribution >= 0.6 is 11.3 Å². The smallest absolute Gasteiger partial charge is 0.231 e. The Morgan fingerprint density at radius 1 is 1.16 bits per heavy atom. The van der Waals surface area contributed by atoms with Gasteiger partial charge in [0.15, 0.2) is 17.3 Å². The highest BCUT2D eigenvalue weighted by molar-refractivity contribution is 7.13. The van der Waals surface area contributed by atoms with Gasteiger partial charge in [0.2, 0.25) is 5.91 Å². The lowest BCUT2D eigenvalue weighted by Gasteiger charge is -2.20. The standard InChI is InChI=1S/C23H28N4O3S/c1-29-19-9-8-16(11-20(19)30-2)23-24-18(14-31-23)13-22(28)25-21-12-17(26-27-21)10-15-6-4-3-5-7-15/h8-9,11-12,14-15H,3-7,10,13H2,1-2H3,(H2,25,26,27,28). The molecule has 1 aliphatic carbocycles. The van der Waals surface area contributed by atoms with Crippen LogP contribution in [0.2, 0.25) is 0 Å². The molecule has 4 rings (SSSR count). The summed E-state index contributed by atoms with van der Waals surface area (Å²) in [5.74, 6) is 2.50. The molecule has 2 N–H and O–H groups in total. The van der Waals surface area contributed by atoms with Crippen molar-refractivity contribution in [1.82, 2.24) is 15.2 Å². The Balaban J connectivity index is 1.34. The van der Waals surface area contributed by atoms with E-state index in [1.807, 2.05) is 29.6 Å². The third-order valence-electron chi connectivity index (χ3n) is 5.66. The number of carbonyl (C=O) groups excluding carboxylic acids is 1. The summed E-state index contributed by atoms with van der Waals surface area (Å²) in [6.45, 7) is 0. The molecule has 1 aliphatic rings. The van der Waals surface area contributed by atoms with Crippen LogP contribution in [0.15, 0.2) is 29.6 Å². The number of rotatable bonds is 8. The second-order valence-electron chi connectivity index (χ2n) is 7.93. The average molecular weight is 441 g/mol. The van der Waals surface area contributed by atoms with Crippen LogP contribution in [0.4, 0.5) is 5.82 Å². The van der Waals surface area contributed by atoms with E-state index in [9.17, 15) is 4.79 Å². The monoisotopic (exact) mass is 440 g/mol. The molecule has 31 heavy (non-hydrogen) atoms. The Morgan fingerprint density at radius 2 is 1.97 bits per heavy atom.